The number of benzene rings is 3. The largest absolute Gasteiger partial charge is 0.507 e. The van der Waals surface area contributed by atoms with E-state index in [1.165, 1.54) is 18.8 Å². The number of hydrogen-bond donors (Lipinski definition) is 3. The molecule has 0 aliphatic heterocycles. The second-order valence-electron chi connectivity index (χ2n) is 6.09. The van der Waals surface area contributed by atoms with Crippen LogP contribution in [0.25, 0.3) is 27.4 Å². The second-order valence-corrected chi connectivity index (χ2v) is 6.09. The van der Waals surface area contributed by atoms with Crippen molar-refractivity contribution in [2.45, 2.75) is 0 Å². The van der Waals surface area contributed by atoms with Crippen molar-refractivity contribution in [2.24, 2.45) is 5.84 Å². The Bertz CT molecular complexity index is 1270. The van der Waals surface area contributed by atoms with Gasteiger partial charge in [0, 0.05) is 16.8 Å². The summed E-state index contributed by atoms with van der Waals surface area (Å²) in [6.45, 7) is 0. The SMILES string of the molecule is COc1cc2nc(NN)n(-c3cccc4c(O)cccc34)c(=O)c2cc1OC. The summed E-state index contributed by atoms with van der Waals surface area (Å²) in [4.78, 5) is 17.8. The number of anilines is 1. The summed E-state index contributed by atoms with van der Waals surface area (Å²) < 4.78 is 12.0. The molecule has 4 N–H and O–H groups in total. The number of nitrogen functional groups attached to an aromatic ring is 1. The zero-order valence-electron chi connectivity index (χ0n) is 15.3. The lowest BCUT2D eigenvalue weighted by Crippen LogP contribution is -2.26. The van der Waals surface area contributed by atoms with E-state index in [4.69, 9.17) is 15.3 Å². The summed E-state index contributed by atoms with van der Waals surface area (Å²) >= 11 is 0. The lowest BCUT2D eigenvalue weighted by Gasteiger charge is -2.16. The van der Waals surface area contributed by atoms with Gasteiger partial charge in [-0.25, -0.2) is 15.4 Å². The fourth-order valence-corrected chi connectivity index (χ4v) is 3.30. The lowest BCUT2D eigenvalue weighted by atomic mass is 10.1. The zero-order valence-corrected chi connectivity index (χ0v) is 15.3. The number of hydrazine groups is 1. The standard InChI is InChI=1S/C20H18N4O4/c1-27-17-9-13-14(10-18(17)28-2)22-20(23-21)24(19(13)26)15-7-3-6-12-11(15)5-4-8-16(12)25/h3-10,25H,21H2,1-2H3,(H,22,23). The Kier molecular flexibility index (Phi) is 4.25. The van der Waals surface area contributed by atoms with Gasteiger partial charge in [-0.15, -0.1) is 0 Å². The van der Waals surface area contributed by atoms with Gasteiger partial charge in [-0.1, -0.05) is 24.3 Å². The maximum Gasteiger partial charge on any atom is 0.267 e. The Labute approximate surface area is 159 Å². The highest BCUT2D eigenvalue weighted by Crippen LogP contribution is 2.33. The third-order valence-corrected chi connectivity index (χ3v) is 4.62. The van der Waals surface area contributed by atoms with Crippen molar-refractivity contribution >= 4 is 27.6 Å². The van der Waals surface area contributed by atoms with Crippen LogP contribution in [0.4, 0.5) is 5.95 Å². The number of aromatic hydroxyl groups is 1. The highest BCUT2D eigenvalue weighted by Gasteiger charge is 2.17. The molecule has 0 saturated heterocycles. The van der Waals surface area contributed by atoms with Crippen LogP contribution in [0.2, 0.25) is 0 Å². The van der Waals surface area contributed by atoms with Crippen molar-refractivity contribution in [2.75, 3.05) is 19.6 Å². The normalized spacial score (nSPS) is 11.0. The average molecular weight is 378 g/mol. The summed E-state index contributed by atoms with van der Waals surface area (Å²) in [6, 6.07) is 13.6. The predicted octanol–water partition coefficient (Wildman–Crippen LogP) is 2.55. The van der Waals surface area contributed by atoms with E-state index in [-0.39, 0.29) is 17.3 Å². The average Bonchev–Trinajstić information content (AvgIpc) is 2.73. The van der Waals surface area contributed by atoms with E-state index in [1.807, 2.05) is 6.07 Å². The van der Waals surface area contributed by atoms with Gasteiger partial charge in [0.05, 0.1) is 30.8 Å². The van der Waals surface area contributed by atoms with Crippen LogP contribution in [0.15, 0.2) is 53.3 Å². The van der Waals surface area contributed by atoms with Crippen molar-refractivity contribution in [1.29, 1.82) is 0 Å². The Balaban J connectivity index is 2.12. The first kappa shape index (κ1) is 17.6. The lowest BCUT2D eigenvalue weighted by molar-refractivity contribution is 0.355. The van der Waals surface area contributed by atoms with Crippen molar-refractivity contribution in [3.8, 4) is 22.9 Å². The number of nitrogens with two attached hydrogens (primary N) is 1. The van der Waals surface area contributed by atoms with E-state index in [0.717, 1.165) is 0 Å². The van der Waals surface area contributed by atoms with E-state index in [2.05, 4.69) is 10.4 Å². The topological polar surface area (TPSA) is 112 Å². The molecular formula is C20H18N4O4. The van der Waals surface area contributed by atoms with Crippen LogP contribution in [-0.4, -0.2) is 28.9 Å². The van der Waals surface area contributed by atoms with Crippen LogP contribution in [0, 0.1) is 0 Å². The number of ether oxygens (including phenoxy) is 2. The van der Waals surface area contributed by atoms with E-state index in [9.17, 15) is 9.90 Å². The highest BCUT2D eigenvalue weighted by molar-refractivity contribution is 5.95. The van der Waals surface area contributed by atoms with Gasteiger partial charge in [0.1, 0.15) is 5.75 Å². The third-order valence-electron chi connectivity index (χ3n) is 4.62. The highest BCUT2D eigenvalue weighted by atomic mass is 16.5. The van der Waals surface area contributed by atoms with Crippen molar-refractivity contribution in [1.82, 2.24) is 9.55 Å². The minimum atomic E-state index is -0.338. The molecule has 0 radical (unpaired) electrons. The van der Waals surface area contributed by atoms with Crippen LogP contribution in [0.5, 0.6) is 17.2 Å². The Morgan fingerprint density at radius 1 is 1.00 bits per heavy atom. The molecule has 0 aliphatic carbocycles. The summed E-state index contributed by atoms with van der Waals surface area (Å²) in [7, 11) is 3.01. The molecule has 28 heavy (non-hydrogen) atoms. The molecule has 0 aliphatic rings. The quantitative estimate of drug-likeness (QED) is 0.370. The van der Waals surface area contributed by atoms with Crippen LogP contribution < -0.4 is 26.3 Å². The first-order chi connectivity index (χ1) is 13.6. The number of nitrogens with zero attached hydrogens (tertiary/aromatic N) is 2. The Hall–Kier alpha value is -3.78. The van der Waals surface area contributed by atoms with Crippen molar-refractivity contribution in [3.05, 3.63) is 58.9 Å². The minimum Gasteiger partial charge on any atom is -0.507 e. The van der Waals surface area contributed by atoms with Crippen molar-refractivity contribution < 1.29 is 14.6 Å². The number of hydrogen-bond acceptors (Lipinski definition) is 7. The van der Waals surface area contributed by atoms with E-state index < -0.39 is 0 Å². The molecule has 4 rings (SSSR count). The molecule has 4 aromatic rings. The number of phenolic OH excluding ortho intramolecular Hbond substituents is 1. The van der Waals surface area contributed by atoms with Gasteiger partial charge in [0.2, 0.25) is 5.95 Å². The van der Waals surface area contributed by atoms with Gasteiger partial charge in [-0.2, -0.15) is 0 Å². The first-order valence-corrected chi connectivity index (χ1v) is 8.45. The molecule has 8 nitrogen and oxygen atoms in total. The number of fused-ring (bicyclic) bond motifs is 2. The smallest absolute Gasteiger partial charge is 0.267 e. The molecular weight excluding hydrogens is 360 g/mol. The molecule has 0 atom stereocenters. The minimum absolute atomic E-state index is 0.120. The van der Waals surface area contributed by atoms with Crippen LogP contribution in [0.3, 0.4) is 0 Å². The molecule has 0 amide bonds. The number of nitrogens with one attached hydrogen (secondary N) is 1. The molecule has 0 saturated carbocycles. The summed E-state index contributed by atoms with van der Waals surface area (Å²) in [5, 5.41) is 11.8. The Morgan fingerprint density at radius 2 is 1.68 bits per heavy atom. The molecule has 1 aromatic heterocycles. The maximum atomic E-state index is 13.4. The van der Waals surface area contributed by atoms with Gasteiger partial charge in [-0.3, -0.25) is 10.2 Å². The van der Waals surface area contributed by atoms with Gasteiger partial charge >= 0.3 is 0 Å². The van der Waals surface area contributed by atoms with E-state index >= 15 is 0 Å². The Morgan fingerprint density at radius 3 is 2.39 bits per heavy atom. The van der Waals surface area contributed by atoms with E-state index in [1.54, 1.807) is 42.5 Å². The number of methoxy groups -OCH3 is 2. The molecule has 1 heterocycles. The predicted molar refractivity (Wildman–Crippen MR) is 107 cm³/mol. The molecule has 3 aromatic carbocycles. The molecule has 0 spiro atoms. The monoisotopic (exact) mass is 378 g/mol. The second kappa shape index (κ2) is 6.75. The fraction of sp³-hybridized carbons (Fsp3) is 0.100. The molecule has 0 bridgehead atoms. The summed E-state index contributed by atoms with van der Waals surface area (Å²) in [6.07, 6.45) is 0. The summed E-state index contributed by atoms with van der Waals surface area (Å²) in [5.41, 5.74) is 3.10. The molecule has 0 fully saturated rings. The number of aromatic nitrogens is 2. The first-order valence-electron chi connectivity index (χ1n) is 8.45. The van der Waals surface area contributed by atoms with Crippen molar-refractivity contribution in [3.63, 3.8) is 0 Å². The van der Waals surface area contributed by atoms with Gasteiger partial charge < -0.3 is 14.6 Å². The van der Waals surface area contributed by atoms with Crippen LogP contribution in [0.1, 0.15) is 0 Å². The number of rotatable bonds is 4. The van der Waals surface area contributed by atoms with Gasteiger partial charge in [0.15, 0.2) is 11.5 Å². The van der Waals surface area contributed by atoms with Gasteiger partial charge in [0.25, 0.3) is 5.56 Å². The van der Waals surface area contributed by atoms with Gasteiger partial charge in [-0.05, 0) is 18.2 Å². The third kappa shape index (κ3) is 2.58. The molecule has 8 heteroatoms. The molecule has 0 unspecified atom stereocenters. The summed E-state index contributed by atoms with van der Waals surface area (Å²) in [5.74, 6) is 6.82. The zero-order chi connectivity index (χ0) is 19.8. The van der Waals surface area contributed by atoms with E-state index in [0.29, 0.717) is 38.9 Å². The van der Waals surface area contributed by atoms with Crippen LogP contribution >= 0.6 is 0 Å². The maximum absolute atomic E-state index is 13.4. The fourth-order valence-electron chi connectivity index (χ4n) is 3.30. The molecule has 142 valence electrons. The number of phenols is 1. The van der Waals surface area contributed by atoms with Crippen LogP contribution in [-0.2, 0) is 0 Å².